The summed E-state index contributed by atoms with van der Waals surface area (Å²) < 4.78 is 0. The molecule has 11 heavy (non-hydrogen) atoms. The maximum atomic E-state index is 4.93. The standard InChI is InChI=1S/C5H7.5CH3.Ti/c1-3-5-4-2;;;;;;/h1,3-5H,2H3;5*1H3;/q6*-1;. The second-order valence-electron chi connectivity index (χ2n) is 0.718. The molecular formula is C10H22Ti-6. The van der Waals surface area contributed by atoms with Gasteiger partial charge in [0, 0.05) is 21.7 Å². The molecule has 0 rings (SSSR count). The average Bonchev–Trinajstić information content (AvgIpc) is 1.41. The van der Waals surface area contributed by atoms with Gasteiger partial charge in [0.15, 0.2) is 0 Å². The van der Waals surface area contributed by atoms with E-state index in [1.165, 1.54) is 6.08 Å². The third-order valence-electron chi connectivity index (χ3n) is 0.304. The van der Waals surface area contributed by atoms with E-state index in [2.05, 4.69) is 0 Å². The van der Waals surface area contributed by atoms with Crippen LogP contribution in [-0.4, -0.2) is 0 Å². The van der Waals surface area contributed by atoms with Gasteiger partial charge in [0.1, 0.15) is 0 Å². The predicted molar refractivity (Wildman–Crippen MR) is 55.8 cm³/mol. The van der Waals surface area contributed by atoms with Crippen molar-refractivity contribution < 1.29 is 21.7 Å². The molecule has 0 heterocycles. The molecule has 0 saturated heterocycles. The zero-order valence-electron chi connectivity index (χ0n) is 8.81. The molecule has 0 bridgehead atoms. The maximum absolute atomic E-state index is 4.93. The SMILES string of the molecule is [CH-]=CC=CC.[CH3-].[CH3-].[CH3-].[CH3-].[CH3-].[Ti]. The minimum Gasteiger partial charge on any atom is -0.358 e. The second-order valence-corrected chi connectivity index (χ2v) is 0.718. The van der Waals surface area contributed by atoms with Gasteiger partial charge in [-0.25, -0.2) is 12.2 Å². The molecule has 1 heteroatoms. The third-order valence-corrected chi connectivity index (χ3v) is 0.304. The van der Waals surface area contributed by atoms with Crippen molar-refractivity contribution in [2.75, 3.05) is 0 Å². The first-order chi connectivity index (χ1) is 2.41. The first-order valence-corrected chi connectivity index (χ1v) is 1.58. The Bertz CT molecular complexity index is 46.8. The van der Waals surface area contributed by atoms with Gasteiger partial charge in [-0.15, -0.1) is 0 Å². The van der Waals surface area contributed by atoms with Crippen LogP contribution in [0, 0.1) is 43.7 Å². The Morgan fingerprint density at radius 2 is 1.18 bits per heavy atom. The fraction of sp³-hybridized carbons (Fsp3) is 0.100. The molecule has 72 valence electrons. The van der Waals surface area contributed by atoms with E-state index in [4.69, 9.17) is 6.58 Å². The molecule has 0 aromatic heterocycles. The van der Waals surface area contributed by atoms with Gasteiger partial charge in [-0.1, -0.05) is 6.92 Å². The topological polar surface area (TPSA) is 0 Å². The maximum Gasteiger partial charge on any atom is 0 e. The fourth-order valence-corrected chi connectivity index (χ4v) is 0.111. The molecule has 0 aliphatic carbocycles. The van der Waals surface area contributed by atoms with E-state index >= 15 is 0 Å². The van der Waals surface area contributed by atoms with Crippen LogP contribution in [0.15, 0.2) is 18.2 Å². The summed E-state index contributed by atoms with van der Waals surface area (Å²) in [4.78, 5) is 0. The van der Waals surface area contributed by atoms with Crippen molar-refractivity contribution in [1.29, 1.82) is 0 Å². The van der Waals surface area contributed by atoms with Gasteiger partial charge in [0.05, 0.1) is 0 Å². The Labute approximate surface area is 90.7 Å². The van der Waals surface area contributed by atoms with Crippen molar-refractivity contribution in [2.24, 2.45) is 0 Å². The van der Waals surface area contributed by atoms with Crippen molar-refractivity contribution in [3.05, 3.63) is 61.9 Å². The van der Waals surface area contributed by atoms with Crippen molar-refractivity contribution in [1.82, 2.24) is 0 Å². The minimum absolute atomic E-state index is 0. The summed E-state index contributed by atoms with van der Waals surface area (Å²) in [6.45, 7) is 6.85. The second kappa shape index (κ2) is 84.5. The van der Waals surface area contributed by atoms with Gasteiger partial charge < -0.3 is 37.1 Å². The summed E-state index contributed by atoms with van der Waals surface area (Å²) >= 11 is 0. The summed E-state index contributed by atoms with van der Waals surface area (Å²) in [6, 6.07) is 0. The first kappa shape index (κ1) is 66.1. The molecule has 0 aromatic carbocycles. The molecule has 0 aromatic rings. The summed E-state index contributed by atoms with van der Waals surface area (Å²) in [5, 5.41) is 0. The van der Waals surface area contributed by atoms with Crippen molar-refractivity contribution >= 4 is 0 Å². The first-order valence-electron chi connectivity index (χ1n) is 1.58. The van der Waals surface area contributed by atoms with Gasteiger partial charge in [-0.3, -0.25) is 6.58 Å². The number of allylic oxidation sites excluding steroid dienone is 3. The number of hydrogen-bond acceptors (Lipinski definition) is 0. The van der Waals surface area contributed by atoms with Gasteiger partial charge in [-0.2, -0.15) is 6.08 Å². The number of rotatable bonds is 1. The third kappa shape index (κ3) is 142. The van der Waals surface area contributed by atoms with Gasteiger partial charge in [-0.05, 0) is 0 Å². The van der Waals surface area contributed by atoms with Crippen molar-refractivity contribution in [3.8, 4) is 0 Å². The van der Waals surface area contributed by atoms with Crippen LogP contribution >= 0.6 is 0 Å². The van der Waals surface area contributed by atoms with Crippen LogP contribution in [0.3, 0.4) is 0 Å². The van der Waals surface area contributed by atoms with Crippen LogP contribution in [0.25, 0.3) is 0 Å². The number of hydrogen-bond donors (Lipinski definition) is 0. The zero-order chi connectivity index (χ0) is 4.12. The average molecular weight is 190 g/mol. The van der Waals surface area contributed by atoms with Crippen LogP contribution in [0.2, 0.25) is 0 Å². The Morgan fingerprint density at radius 3 is 1.18 bits per heavy atom. The molecular weight excluding hydrogens is 168 g/mol. The molecule has 0 N–H and O–H groups in total. The molecule has 0 aliphatic heterocycles. The normalized spacial score (nSPS) is 4.09. The minimum atomic E-state index is 0. The van der Waals surface area contributed by atoms with Crippen LogP contribution in [0.5, 0.6) is 0 Å². The monoisotopic (exact) mass is 190 g/mol. The summed E-state index contributed by atoms with van der Waals surface area (Å²) in [5.74, 6) is 0. The molecule has 0 spiro atoms. The predicted octanol–water partition coefficient (Wildman–Crippen LogP) is 3.80. The molecule has 0 saturated carbocycles. The zero-order valence-corrected chi connectivity index (χ0v) is 10.4. The Balaban J connectivity index is -0.00000000533. The van der Waals surface area contributed by atoms with Crippen LogP contribution in [-0.2, 0) is 21.7 Å². The molecule has 0 unspecified atom stereocenters. The van der Waals surface area contributed by atoms with Crippen molar-refractivity contribution in [2.45, 2.75) is 6.92 Å². The van der Waals surface area contributed by atoms with E-state index in [1.807, 2.05) is 13.0 Å². The molecule has 0 amide bonds. The molecule has 0 nitrogen and oxygen atoms in total. The van der Waals surface area contributed by atoms with Gasteiger partial charge >= 0.3 is 0 Å². The fourth-order valence-electron chi connectivity index (χ4n) is 0.111. The van der Waals surface area contributed by atoms with E-state index in [0.29, 0.717) is 0 Å². The van der Waals surface area contributed by atoms with E-state index in [0.717, 1.165) is 0 Å². The largest absolute Gasteiger partial charge is 0.358 e. The van der Waals surface area contributed by atoms with Crippen LogP contribution in [0.4, 0.5) is 0 Å². The summed E-state index contributed by atoms with van der Waals surface area (Å²) in [6.07, 6.45) is 5.15. The van der Waals surface area contributed by atoms with E-state index < -0.39 is 0 Å². The van der Waals surface area contributed by atoms with Crippen molar-refractivity contribution in [3.63, 3.8) is 0 Å². The van der Waals surface area contributed by atoms with E-state index in [1.54, 1.807) is 6.08 Å². The smallest absolute Gasteiger partial charge is 0 e. The quantitative estimate of drug-likeness (QED) is 0.335. The summed E-state index contributed by atoms with van der Waals surface area (Å²) in [5.41, 5.74) is 0. The Hall–Kier alpha value is 0.194. The Morgan fingerprint density at radius 1 is 0.909 bits per heavy atom. The van der Waals surface area contributed by atoms with Crippen LogP contribution in [0.1, 0.15) is 6.92 Å². The van der Waals surface area contributed by atoms with Crippen LogP contribution < -0.4 is 0 Å². The molecule has 0 atom stereocenters. The van der Waals surface area contributed by atoms with E-state index in [9.17, 15) is 0 Å². The van der Waals surface area contributed by atoms with Gasteiger partial charge in [0.25, 0.3) is 0 Å². The Kier molecular flexibility index (Phi) is 508. The molecule has 0 aliphatic rings. The molecule has 0 fully saturated rings. The molecule has 0 radical (unpaired) electrons. The van der Waals surface area contributed by atoms with Gasteiger partial charge in [0.2, 0.25) is 0 Å². The van der Waals surface area contributed by atoms with E-state index in [-0.39, 0.29) is 58.9 Å². The summed E-state index contributed by atoms with van der Waals surface area (Å²) in [7, 11) is 0.